The smallest absolute Gasteiger partial charge is 0.242 e. The van der Waals surface area contributed by atoms with Gasteiger partial charge in [0, 0.05) is 30.5 Å². The largest absolute Gasteiger partial charge is 0.355 e. The van der Waals surface area contributed by atoms with Gasteiger partial charge in [0.1, 0.15) is 6.04 Å². The van der Waals surface area contributed by atoms with E-state index in [4.69, 9.17) is 0 Å². The summed E-state index contributed by atoms with van der Waals surface area (Å²) in [6.07, 6.45) is 1.62. The summed E-state index contributed by atoms with van der Waals surface area (Å²) in [6.45, 7) is 6.32. The number of rotatable bonds is 11. The summed E-state index contributed by atoms with van der Waals surface area (Å²) in [4.78, 5) is 27.2. The normalized spacial score (nSPS) is 12.2. The number of carbonyl (C=O) groups is 2. The molecule has 2 aromatic carbocycles. The summed E-state index contributed by atoms with van der Waals surface area (Å²) in [7, 11) is -3.51. The van der Waals surface area contributed by atoms with Gasteiger partial charge in [-0.3, -0.25) is 13.9 Å². The number of hydrogen-bond acceptors (Lipinski definition) is 4. The predicted octanol–water partition coefficient (Wildman–Crippen LogP) is 3.86. The number of sulfonamides is 1. The molecule has 0 aliphatic carbocycles. The quantitative estimate of drug-likeness (QED) is 0.471. The molecule has 2 rings (SSSR count). The zero-order valence-electron chi connectivity index (χ0n) is 19.5. The van der Waals surface area contributed by atoms with E-state index in [1.54, 1.807) is 24.0 Å². The SMILES string of the molecule is CCNC(=O)[C@H](C)N(Cc1cccc(Br)c1)C(=O)CCCN(c1ccccc1C)S(C)(=O)=O. The van der Waals surface area contributed by atoms with Crippen molar-refractivity contribution in [2.75, 3.05) is 23.7 Å². The summed E-state index contributed by atoms with van der Waals surface area (Å²) < 4.78 is 27.0. The number of anilines is 1. The second kappa shape index (κ2) is 12.2. The van der Waals surface area contributed by atoms with Gasteiger partial charge in [-0.1, -0.05) is 46.3 Å². The van der Waals surface area contributed by atoms with Crippen LogP contribution >= 0.6 is 15.9 Å². The average molecular weight is 539 g/mol. The molecule has 0 radical (unpaired) electrons. The van der Waals surface area contributed by atoms with E-state index < -0.39 is 16.1 Å². The van der Waals surface area contributed by atoms with E-state index in [1.807, 2.05) is 50.2 Å². The Morgan fingerprint density at radius 3 is 2.42 bits per heavy atom. The van der Waals surface area contributed by atoms with Crippen LogP contribution in [0.1, 0.15) is 37.8 Å². The molecule has 0 saturated heterocycles. The van der Waals surface area contributed by atoms with Crippen LogP contribution in [0.5, 0.6) is 0 Å². The zero-order chi connectivity index (χ0) is 24.6. The summed E-state index contributed by atoms with van der Waals surface area (Å²) in [5, 5.41) is 2.77. The lowest BCUT2D eigenvalue weighted by atomic mass is 10.1. The number of amides is 2. The molecule has 0 aliphatic heterocycles. The molecule has 9 heteroatoms. The van der Waals surface area contributed by atoms with E-state index in [9.17, 15) is 18.0 Å². The number of likely N-dealkylation sites (N-methyl/N-ethyl adjacent to an activating group) is 1. The molecule has 1 atom stereocenters. The molecule has 0 aliphatic rings. The van der Waals surface area contributed by atoms with Gasteiger partial charge in [0.25, 0.3) is 0 Å². The van der Waals surface area contributed by atoms with Crippen molar-refractivity contribution in [1.29, 1.82) is 0 Å². The van der Waals surface area contributed by atoms with Crippen LogP contribution in [0.15, 0.2) is 53.0 Å². The Morgan fingerprint density at radius 1 is 1.12 bits per heavy atom. The van der Waals surface area contributed by atoms with E-state index in [-0.39, 0.29) is 31.3 Å². The van der Waals surface area contributed by atoms with Crippen LogP contribution in [0.25, 0.3) is 0 Å². The van der Waals surface area contributed by atoms with Gasteiger partial charge in [-0.25, -0.2) is 8.42 Å². The third kappa shape index (κ3) is 7.85. The first-order valence-corrected chi connectivity index (χ1v) is 13.5. The molecular weight excluding hydrogens is 506 g/mol. The zero-order valence-corrected chi connectivity index (χ0v) is 21.9. The highest BCUT2D eigenvalue weighted by atomic mass is 79.9. The predicted molar refractivity (Wildman–Crippen MR) is 135 cm³/mol. The van der Waals surface area contributed by atoms with Gasteiger partial charge in [-0.15, -0.1) is 0 Å². The number of benzene rings is 2. The summed E-state index contributed by atoms with van der Waals surface area (Å²) in [5.74, 6) is -0.425. The maximum absolute atomic E-state index is 13.2. The highest BCUT2D eigenvalue weighted by molar-refractivity contribution is 9.10. The Labute approximate surface area is 205 Å². The van der Waals surface area contributed by atoms with Crippen molar-refractivity contribution in [2.24, 2.45) is 0 Å². The number of nitrogens with zero attached hydrogens (tertiary/aromatic N) is 2. The van der Waals surface area contributed by atoms with Crippen LogP contribution in [0.4, 0.5) is 5.69 Å². The number of halogens is 1. The van der Waals surface area contributed by atoms with Crippen LogP contribution < -0.4 is 9.62 Å². The van der Waals surface area contributed by atoms with Gasteiger partial charge in [-0.05, 0) is 56.5 Å². The summed E-state index contributed by atoms with van der Waals surface area (Å²) in [6, 6.07) is 14.2. The van der Waals surface area contributed by atoms with Crippen molar-refractivity contribution >= 4 is 43.5 Å². The Balaban J connectivity index is 2.16. The van der Waals surface area contributed by atoms with Crippen LogP contribution in [-0.2, 0) is 26.2 Å². The molecule has 0 saturated carbocycles. The van der Waals surface area contributed by atoms with Gasteiger partial charge in [0.05, 0.1) is 11.9 Å². The fraction of sp³-hybridized carbons (Fsp3) is 0.417. The number of carbonyl (C=O) groups excluding carboxylic acids is 2. The maximum atomic E-state index is 13.2. The fourth-order valence-corrected chi connectivity index (χ4v) is 5.03. The van der Waals surface area contributed by atoms with Gasteiger partial charge in [-0.2, -0.15) is 0 Å². The maximum Gasteiger partial charge on any atom is 0.242 e. The number of para-hydroxylation sites is 1. The molecule has 7 nitrogen and oxygen atoms in total. The summed E-state index contributed by atoms with van der Waals surface area (Å²) >= 11 is 3.44. The molecule has 0 bridgehead atoms. The first-order chi connectivity index (χ1) is 15.5. The second-order valence-electron chi connectivity index (χ2n) is 7.95. The van der Waals surface area contributed by atoms with Crippen LogP contribution in [-0.4, -0.2) is 50.5 Å². The third-order valence-electron chi connectivity index (χ3n) is 5.30. The fourth-order valence-electron chi connectivity index (χ4n) is 3.56. The monoisotopic (exact) mass is 537 g/mol. The number of aryl methyl sites for hydroxylation is 1. The molecule has 1 N–H and O–H groups in total. The van der Waals surface area contributed by atoms with Crippen molar-refractivity contribution in [2.45, 2.75) is 46.2 Å². The number of nitrogens with one attached hydrogen (secondary N) is 1. The van der Waals surface area contributed by atoms with Crippen molar-refractivity contribution in [1.82, 2.24) is 10.2 Å². The Hall–Kier alpha value is -2.39. The lowest BCUT2D eigenvalue weighted by Gasteiger charge is -2.29. The lowest BCUT2D eigenvalue weighted by molar-refractivity contribution is -0.140. The molecule has 0 aromatic heterocycles. The van der Waals surface area contributed by atoms with E-state index in [0.717, 1.165) is 21.9 Å². The van der Waals surface area contributed by atoms with E-state index in [1.165, 1.54) is 4.31 Å². The standard InChI is InChI=1S/C24H32BrN3O4S/c1-5-26-24(30)19(3)27(17-20-11-8-12-21(25)16-20)23(29)14-9-15-28(33(4,31)32)22-13-7-6-10-18(22)2/h6-8,10-13,16,19H,5,9,14-15,17H2,1-4H3,(H,26,30)/t19-/m0/s1. The Kier molecular flexibility index (Phi) is 9.91. The molecule has 0 fully saturated rings. The minimum Gasteiger partial charge on any atom is -0.355 e. The van der Waals surface area contributed by atoms with Crippen molar-refractivity contribution in [3.63, 3.8) is 0 Å². The topological polar surface area (TPSA) is 86.8 Å². The molecule has 180 valence electrons. The molecule has 2 amide bonds. The van der Waals surface area contributed by atoms with Crippen molar-refractivity contribution < 1.29 is 18.0 Å². The second-order valence-corrected chi connectivity index (χ2v) is 10.8. The van der Waals surface area contributed by atoms with E-state index >= 15 is 0 Å². The van der Waals surface area contributed by atoms with E-state index in [2.05, 4.69) is 21.2 Å². The molecule has 0 heterocycles. The van der Waals surface area contributed by atoms with Crippen molar-refractivity contribution in [3.8, 4) is 0 Å². The van der Waals surface area contributed by atoms with Gasteiger partial charge < -0.3 is 10.2 Å². The Morgan fingerprint density at radius 2 is 1.82 bits per heavy atom. The molecule has 0 spiro atoms. The average Bonchev–Trinajstić information content (AvgIpc) is 2.74. The van der Waals surface area contributed by atoms with E-state index in [0.29, 0.717) is 18.7 Å². The lowest BCUT2D eigenvalue weighted by Crippen LogP contribution is -2.47. The molecular formula is C24H32BrN3O4S. The minimum absolute atomic E-state index is 0.121. The van der Waals surface area contributed by atoms with Crippen LogP contribution in [0.3, 0.4) is 0 Å². The first-order valence-electron chi connectivity index (χ1n) is 10.9. The van der Waals surface area contributed by atoms with Gasteiger partial charge in [0.15, 0.2) is 0 Å². The first kappa shape index (κ1) is 26.9. The van der Waals surface area contributed by atoms with Crippen LogP contribution in [0, 0.1) is 6.92 Å². The molecule has 33 heavy (non-hydrogen) atoms. The Bertz CT molecular complexity index is 1070. The van der Waals surface area contributed by atoms with Crippen molar-refractivity contribution in [3.05, 3.63) is 64.1 Å². The summed E-state index contributed by atoms with van der Waals surface area (Å²) in [5.41, 5.74) is 2.34. The third-order valence-corrected chi connectivity index (χ3v) is 6.97. The van der Waals surface area contributed by atoms with Crippen LogP contribution in [0.2, 0.25) is 0 Å². The molecule has 0 unspecified atom stereocenters. The number of hydrogen-bond donors (Lipinski definition) is 1. The highest BCUT2D eigenvalue weighted by Crippen LogP contribution is 2.23. The highest BCUT2D eigenvalue weighted by Gasteiger charge is 2.26. The van der Waals surface area contributed by atoms with Gasteiger partial charge >= 0.3 is 0 Å². The minimum atomic E-state index is -3.51. The van der Waals surface area contributed by atoms with Gasteiger partial charge in [0.2, 0.25) is 21.8 Å². The molecule has 2 aromatic rings.